The van der Waals surface area contributed by atoms with Crippen LogP contribution in [0.1, 0.15) is 21.5 Å². The lowest BCUT2D eigenvalue weighted by molar-refractivity contribution is -0.384. The predicted molar refractivity (Wildman–Crippen MR) is 116 cm³/mol. The molecule has 9 heteroatoms. The molecule has 0 aliphatic carbocycles. The summed E-state index contributed by atoms with van der Waals surface area (Å²) in [6, 6.07) is 10.3. The number of nitro groups is 1. The maximum Gasteiger partial charge on any atom is 0.294 e. The Labute approximate surface area is 174 Å². The van der Waals surface area contributed by atoms with Crippen LogP contribution in [0.15, 0.2) is 36.4 Å². The molecule has 0 radical (unpaired) electrons. The molecule has 29 heavy (non-hydrogen) atoms. The fraction of sp³-hybridized carbons (Fsp3) is 0.300. The molecule has 0 saturated carbocycles. The summed E-state index contributed by atoms with van der Waals surface area (Å²) in [5.74, 6) is -0.339. The molecular formula is C20H22N4O4S. The van der Waals surface area contributed by atoms with Gasteiger partial charge >= 0.3 is 0 Å². The molecule has 1 aliphatic rings. The van der Waals surface area contributed by atoms with Gasteiger partial charge in [-0.3, -0.25) is 20.2 Å². The van der Waals surface area contributed by atoms with Gasteiger partial charge in [0.05, 0.1) is 18.1 Å². The van der Waals surface area contributed by atoms with E-state index in [-0.39, 0.29) is 16.7 Å². The molecule has 1 aliphatic heterocycles. The summed E-state index contributed by atoms with van der Waals surface area (Å²) in [4.78, 5) is 25.5. The number of carbonyl (C=O) groups is 1. The van der Waals surface area contributed by atoms with Crippen LogP contribution in [0.25, 0.3) is 0 Å². The van der Waals surface area contributed by atoms with Crippen molar-refractivity contribution in [2.45, 2.75) is 13.8 Å². The second-order valence-corrected chi connectivity index (χ2v) is 7.25. The number of nitrogens with one attached hydrogen (secondary N) is 2. The Hall–Kier alpha value is -3.04. The van der Waals surface area contributed by atoms with Gasteiger partial charge in [0.1, 0.15) is 5.69 Å². The minimum atomic E-state index is -0.423. The van der Waals surface area contributed by atoms with E-state index in [4.69, 9.17) is 17.0 Å². The lowest BCUT2D eigenvalue weighted by Crippen LogP contribution is -2.36. The van der Waals surface area contributed by atoms with Crippen LogP contribution in [-0.4, -0.2) is 42.2 Å². The van der Waals surface area contributed by atoms with Crippen LogP contribution in [0.2, 0.25) is 0 Å². The van der Waals surface area contributed by atoms with E-state index in [0.717, 1.165) is 11.1 Å². The van der Waals surface area contributed by atoms with Gasteiger partial charge in [-0.25, -0.2) is 0 Å². The maximum absolute atomic E-state index is 12.4. The van der Waals surface area contributed by atoms with Gasteiger partial charge in [0, 0.05) is 30.4 Å². The van der Waals surface area contributed by atoms with Gasteiger partial charge in [0.2, 0.25) is 0 Å². The van der Waals surface area contributed by atoms with Crippen molar-refractivity contribution < 1.29 is 14.5 Å². The molecule has 2 aromatic carbocycles. The van der Waals surface area contributed by atoms with Crippen molar-refractivity contribution in [1.82, 2.24) is 5.32 Å². The molecule has 2 aromatic rings. The Morgan fingerprint density at radius 3 is 2.41 bits per heavy atom. The number of morpholine rings is 1. The average molecular weight is 414 g/mol. The van der Waals surface area contributed by atoms with Crippen LogP contribution in [0.3, 0.4) is 0 Å². The van der Waals surface area contributed by atoms with Gasteiger partial charge in [-0.1, -0.05) is 17.2 Å². The number of anilines is 2. The molecule has 8 nitrogen and oxygen atoms in total. The van der Waals surface area contributed by atoms with Crippen molar-refractivity contribution in [2.75, 3.05) is 36.5 Å². The third-order valence-corrected chi connectivity index (χ3v) is 4.70. The van der Waals surface area contributed by atoms with Crippen molar-refractivity contribution >= 4 is 40.3 Å². The first-order valence-electron chi connectivity index (χ1n) is 9.15. The number of ether oxygens (including phenoxy) is 1. The van der Waals surface area contributed by atoms with Crippen molar-refractivity contribution in [2.24, 2.45) is 0 Å². The molecule has 0 atom stereocenters. The third kappa shape index (κ3) is 5.27. The number of benzene rings is 2. The van der Waals surface area contributed by atoms with Gasteiger partial charge in [-0.2, -0.15) is 0 Å². The molecule has 2 N–H and O–H groups in total. The first-order chi connectivity index (χ1) is 13.8. The van der Waals surface area contributed by atoms with E-state index in [1.54, 1.807) is 24.3 Å². The van der Waals surface area contributed by atoms with E-state index >= 15 is 0 Å². The highest BCUT2D eigenvalue weighted by atomic mass is 32.1. The topological polar surface area (TPSA) is 96.7 Å². The molecule has 0 bridgehead atoms. The Morgan fingerprint density at radius 2 is 1.79 bits per heavy atom. The summed E-state index contributed by atoms with van der Waals surface area (Å²) in [6.07, 6.45) is 0. The van der Waals surface area contributed by atoms with Gasteiger partial charge in [-0.05, 0) is 50.3 Å². The van der Waals surface area contributed by atoms with Gasteiger partial charge < -0.3 is 15.0 Å². The maximum atomic E-state index is 12.4. The number of rotatable bonds is 4. The molecule has 1 amide bonds. The fourth-order valence-electron chi connectivity index (χ4n) is 3.26. The van der Waals surface area contributed by atoms with E-state index < -0.39 is 4.92 Å². The van der Waals surface area contributed by atoms with E-state index in [0.29, 0.717) is 43.2 Å². The number of carbonyl (C=O) groups excluding carboxylic acids is 1. The number of aryl methyl sites for hydroxylation is 2. The monoisotopic (exact) mass is 414 g/mol. The highest BCUT2D eigenvalue weighted by molar-refractivity contribution is 7.80. The first kappa shape index (κ1) is 20.7. The number of hydrogen-bond donors (Lipinski definition) is 2. The van der Waals surface area contributed by atoms with Crippen LogP contribution in [0.5, 0.6) is 0 Å². The van der Waals surface area contributed by atoms with Crippen LogP contribution in [0.4, 0.5) is 17.1 Å². The zero-order valence-electron chi connectivity index (χ0n) is 16.2. The summed E-state index contributed by atoms with van der Waals surface area (Å²) in [6.45, 7) is 6.08. The Morgan fingerprint density at radius 1 is 1.14 bits per heavy atom. The molecule has 3 rings (SSSR count). The van der Waals surface area contributed by atoms with Crippen molar-refractivity contribution in [3.8, 4) is 0 Å². The molecule has 0 aromatic heterocycles. The molecule has 152 valence electrons. The van der Waals surface area contributed by atoms with Crippen molar-refractivity contribution in [3.63, 3.8) is 0 Å². The molecule has 1 fully saturated rings. The molecule has 1 heterocycles. The molecule has 0 unspecified atom stereocenters. The average Bonchev–Trinajstić information content (AvgIpc) is 2.67. The van der Waals surface area contributed by atoms with E-state index in [1.807, 2.05) is 24.8 Å². The second kappa shape index (κ2) is 8.97. The Balaban J connectivity index is 1.72. The molecular weight excluding hydrogens is 392 g/mol. The lowest BCUT2D eigenvalue weighted by Gasteiger charge is -2.28. The van der Waals surface area contributed by atoms with E-state index in [2.05, 4.69) is 10.6 Å². The minimum Gasteiger partial charge on any atom is -0.378 e. The van der Waals surface area contributed by atoms with Crippen LogP contribution in [-0.2, 0) is 4.74 Å². The van der Waals surface area contributed by atoms with Crippen LogP contribution < -0.4 is 15.5 Å². The van der Waals surface area contributed by atoms with Crippen molar-refractivity contribution in [3.05, 3.63) is 63.2 Å². The number of nitrogens with zero attached hydrogens (tertiary/aromatic N) is 2. The summed E-state index contributed by atoms with van der Waals surface area (Å²) < 4.78 is 5.30. The summed E-state index contributed by atoms with van der Waals surface area (Å²) in [7, 11) is 0. The number of hydrogen-bond acceptors (Lipinski definition) is 6. The second-order valence-electron chi connectivity index (χ2n) is 6.84. The number of thiocarbonyl (C=S) groups is 1. The smallest absolute Gasteiger partial charge is 0.294 e. The lowest BCUT2D eigenvalue weighted by atomic mass is 10.1. The highest BCUT2D eigenvalue weighted by Crippen LogP contribution is 2.31. The summed E-state index contributed by atoms with van der Waals surface area (Å²) in [5, 5.41) is 17.1. The minimum absolute atomic E-state index is 0.0275. The van der Waals surface area contributed by atoms with Crippen molar-refractivity contribution in [1.29, 1.82) is 0 Å². The quantitative estimate of drug-likeness (QED) is 0.451. The SMILES string of the molecule is Cc1cc(C)cc(C(=O)NC(=S)Nc2ccc(N3CCOCC3)c([N+](=O)[O-])c2)c1. The van der Waals surface area contributed by atoms with Crippen LogP contribution in [0, 0.1) is 24.0 Å². The summed E-state index contributed by atoms with van der Waals surface area (Å²) >= 11 is 5.21. The molecule has 0 spiro atoms. The fourth-order valence-corrected chi connectivity index (χ4v) is 3.47. The van der Waals surface area contributed by atoms with Gasteiger partial charge in [0.15, 0.2) is 5.11 Å². The van der Waals surface area contributed by atoms with Gasteiger partial charge in [-0.15, -0.1) is 0 Å². The van der Waals surface area contributed by atoms with Crippen LogP contribution >= 0.6 is 12.2 Å². The zero-order valence-corrected chi connectivity index (χ0v) is 17.0. The Bertz CT molecular complexity index is 937. The third-order valence-electron chi connectivity index (χ3n) is 4.49. The zero-order chi connectivity index (χ0) is 21.0. The molecule has 1 saturated heterocycles. The number of amides is 1. The first-order valence-corrected chi connectivity index (χ1v) is 9.56. The van der Waals surface area contributed by atoms with Gasteiger partial charge in [0.25, 0.3) is 11.6 Å². The Kier molecular flexibility index (Phi) is 6.40. The summed E-state index contributed by atoms with van der Waals surface area (Å²) in [5.41, 5.74) is 3.39. The van der Waals surface area contributed by atoms with E-state index in [1.165, 1.54) is 6.07 Å². The predicted octanol–water partition coefficient (Wildman–Crippen LogP) is 3.18. The van der Waals surface area contributed by atoms with E-state index in [9.17, 15) is 14.9 Å². The largest absolute Gasteiger partial charge is 0.378 e. The normalized spacial score (nSPS) is 13.7. The highest BCUT2D eigenvalue weighted by Gasteiger charge is 2.22. The standard InChI is InChI=1S/C20H22N4O4S/c1-13-9-14(2)11-15(10-13)19(25)22-20(29)21-16-3-4-17(18(12-16)24(26)27)23-5-7-28-8-6-23/h3-4,9-12H,5-8H2,1-2H3,(H2,21,22,25,29). The number of nitro benzene ring substituents is 1.